The Morgan fingerprint density at radius 3 is 2.53 bits per heavy atom. The summed E-state index contributed by atoms with van der Waals surface area (Å²) in [6, 6.07) is 19.5. The highest BCUT2D eigenvalue weighted by Gasteiger charge is 2.09. The smallest absolute Gasteiger partial charge is 0.325 e. The van der Waals surface area contributed by atoms with Crippen LogP contribution in [-0.4, -0.2) is 29.8 Å². The molecule has 0 saturated heterocycles. The SMILES string of the molecule is Oc1nc(Oc2ccc(-c3cnn(Cc4ccccc4)c3)cc2)nc2cnccc12. The van der Waals surface area contributed by atoms with Crippen molar-refractivity contribution >= 4 is 10.9 Å². The molecule has 3 heterocycles. The highest BCUT2D eigenvalue weighted by molar-refractivity contribution is 5.82. The highest BCUT2D eigenvalue weighted by Crippen LogP contribution is 2.27. The van der Waals surface area contributed by atoms with Crippen molar-refractivity contribution in [2.45, 2.75) is 6.54 Å². The summed E-state index contributed by atoms with van der Waals surface area (Å²) < 4.78 is 7.62. The molecule has 3 aromatic heterocycles. The topological polar surface area (TPSA) is 86.0 Å². The summed E-state index contributed by atoms with van der Waals surface area (Å²) in [5.74, 6) is 0.429. The van der Waals surface area contributed by atoms with Crippen molar-refractivity contribution in [1.82, 2.24) is 24.7 Å². The summed E-state index contributed by atoms with van der Waals surface area (Å²) in [5.41, 5.74) is 3.75. The molecular weight excluding hydrogens is 378 g/mol. The minimum atomic E-state index is -0.139. The van der Waals surface area contributed by atoms with E-state index in [0.717, 1.165) is 17.7 Å². The van der Waals surface area contributed by atoms with Gasteiger partial charge in [-0.05, 0) is 29.3 Å². The average Bonchev–Trinajstić information content (AvgIpc) is 3.23. The molecule has 0 bridgehead atoms. The van der Waals surface area contributed by atoms with E-state index in [9.17, 15) is 5.11 Å². The molecule has 0 saturated carbocycles. The number of nitrogens with zero attached hydrogens (tertiary/aromatic N) is 5. The second-order valence-corrected chi connectivity index (χ2v) is 6.76. The monoisotopic (exact) mass is 395 g/mol. The third-order valence-corrected chi connectivity index (χ3v) is 4.68. The number of aromatic hydroxyl groups is 1. The predicted molar refractivity (Wildman–Crippen MR) is 112 cm³/mol. The Morgan fingerprint density at radius 1 is 0.867 bits per heavy atom. The molecule has 0 aliphatic carbocycles. The van der Waals surface area contributed by atoms with Crippen LogP contribution >= 0.6 is 0 Å². The van der Waals surface area contributed by atoms with E-state index in [1.807, 2.05) is 59.5 Å². The van der Waals surface area contributed by atoms with Crippen LogP contribution in [0.4, 0.5) is 0 Å². The van der Waals surface area contributed by atoms with Gasteiger partial charge in [0.05, 0.1) is 29.8 Å². The van der Waals surface area contributed by atoms with Crippen LogP contribution in [0.1, 0.15) is 5.56 Å². The first kappa shape index (κ1) is 17.8. The number of hydrogen-bond donors (Lipinski definition) is 1. The zero-order chi connectivity index (χ0) is 20.3. The van der Waals surface area contributed by atoms with E-state index < -0.39 is 0 Å². The van der Waals surface area contributed by atoms with E-state index in [0.29, 0.717) is 16.7 Å². The molecule has 0 aliphatic heterocycles. The van der Waals surface area contributed by atoms with Gasteiger partial charge >= 0.3 is 6.01 Å². The second-order valence-electron chi connectivity index (χ2n) is 6.76. The Hall–Kier alpha value is -4.26. The number of hydrogen-bond acceptors (Lipinski definition) is 6. The molecule has 5 aromatic rings. The lowest BCUT2D eigenvalue weighted by Crippen LogP contribution is -1.99. The van der Waals surface area contributed by atoms with Crippen molar-refractivity contribution < 1.29 is 9.84 Å². The molecule has 30 heavy (non-hydrogen) atoms. The normalized spacial score (nSPS) is 10.9. The molecule has 7 heteroatoms. The Balaban J connectivity index is 1.32. The molecule has 0 amide bonds. The van der Waals surface area contributed by atoms with Gasteiger partial charge in [-0.1, -0.05) is 42.5 Å². The zero-order valence-electron chi connectivity index (χ0n) is 15.9. The van der Waals surface area contributed by atoms with Crippen LogP contribution in [0.25, 0.3) is 22.0 Å². The summed E-state index contributed by atoms with van der Waals surface area (Å²) in [5, 5.41) is 15.0. The lowest BCUT2D eigenvalue weighted by molar-refractivity contribution is 0.412. The van der Waals surface area contributed by atoms with Gasteiger partial charge in [0.2, 0.25) is 5.88 Å². The maximum atomic E-state index is 10.1. The van der Waals surface area contributed by atoms with Gasteiger partial charge in [0, 0.05) is 18.0 Å². The molecule has 146 valence electrons. The van der Waals surface area contributed by atoms with Gasteiger partial charge in [-0.15, -0.1) is 0 Å². The molecule has 0 atom stereocenters. The van der Waals surface area contributed by atoms with Gasteiger partial charge in [0.25, 0.3) is 0 Å². The van der Waals surface area contributed by atoms with Crippen molar-refractivity contribution in [3.8, 4) is 28.8 Å². The molecule has 1 N–H and O–H groups in total. The Morgan fingerprint density at radius 2 is 1.70 bits per heavy atom. The lowest BCUT2D eigenvalue weighted by Gasteiger charge is -2.06. The standard InChI is InChI=1S/C23H17N5O2/c29-22-20-10-11-24-13-21(20)26-23(27-22)30-19-8-6-17(7-9-19)18-12-25-28(15-18)14-16-4-2-1-3-5-16/h1-13,15H,14H2,(H,26,27,29). The molecular formula is C23H17N5O2. The van der Waals surface area contributed by atoms with Crippen LogP contribution in [-0.2, 0) is 6.54 Å². The summed E-state index contributed by atoms with van der Waals surface area (Å²) in [4.78, 5) is 12.3. The Labute approximate surface area is 172 Å². The largest absolute Gasteiger partial charge is 0.493 e. The van der Waals surface area contributed by atoms with Crippen LogP contribution in [0.5, 0.6) is 17.6 Å². The summed E-state index contributed by atoms with van der Waals surface area (Å²) in [7, 11) is 0. The lowest BCUT2D eigenvalue weighted by atomic mass is 10.1. The van der Waals surface area contributed by atoms with E-state index in [1.54, 1.807) is 18.5 Å². The van der Waals surface area contributed by atoms with E-state index in [4.69, 9.17) is 4.74 Å². The summed E-state index contributed by atoms with van der Waals surface area (Å²) in [6.07, 6.45) is 6.99. The Bertz CT molecular complexity index is 1300. The summed E-state index contributed by atoms with van der Waals surface area (Å²) in [6.45, 7) is 0.722. The number of pyridine rings is 1. The van der Waals surface area contributed by atoms with Crippen molar-refractivity contribution in [2.24, 2.45) is 0 Å². The second kappa shape index (κ2) is 7.63. The highest BCUT2D eigenvalue weighted by atomic mass is 16.5. The molecule has 7 nitrogen and oxygen atoms in total. The van der Waals surface area contributed by atoms with Crippen molar-refractivity contribution in [1.29, 1.82) is 0 Å². The van der Waals surface area contributed by atoms with Crippen molar-refractivity contribution in [3.05, 3.63) is 91.0 Å². The fraction of sp³-hybridized carbons (Fsp3) is 0.0435. The van der Waals surface area contributed by atoms with Gasteiger partial charge in [-0.2, -0.15) is 15.1 Å². The number of aromatic nitrogens is 5. The van der Waals surface area contributed by atoms with Crippen LogP contribution < -0.4 is 4.74 Å². The first-order valence-electron chi connectivity index (χ1n) is 9.40. The van der Waals surface area contributed by atoms with Crippen LogP contribution in [0.15, 0.2) is 85.5 Å². The van der Waals surface area contributed by atoms with Gasteiger partial charge in [-0.3, -0.25) is 9.67 Å². The predicted octanol–water partition coefficient (Wildman–Crippen LogP) is 4.43. The van der Waals surface area contributed by atoms with Gasteiger partial charge in [-0.25, -0.2) is 0 Å². The van der Waals surface area contributed by atoms with Crippen molar-refractivity contribution in [2.75, 3.05) is 0 Å². The molecule has 0 radical (unpaired) electrons. The van der Waals surface area contributed by atoms with E-state index in [1.165, 1.54) is 5.56 Å². The molecule has 0 spiro atoms. The minimum absolute atomic E-state index is 0.0661. The molecule has 2 aromatic carbocycles. The molecule has 0 aliphatic rings. The zero-order valence-corrected chi connectivity index (χ0v) is 15.9. The fourth-order valence-electron chi connectivity index (χ4n) is 3.18. The Kier molecular flexibility index (Phi) is 4.53. The molecule has 0 fully saturated rings. The third kappa shape index (κ3) is 3.68. The quantitative estimate of drug-likeness (QED) is 0.474. The molecule has 5 rings (SSSR count). The van der Waals surface area contributed by atoms with E-state index in [2.05, 4.69) is 32.2 Å². The van der Waals surface area contributed by atoms with Crippen LogP contribution in [0.3, 0.4) is 0 Å². The first-order valence-corrected chi connectivity index (χ1v) is 9.40. The van der Waals surface area contributed by atoms with E-state index in [-0.39, 0.29) is 11.9 Å². The fourth-order valence-corrected chi connectivity index (χ4v) is 3.18. The van der Waals surface area contributed by atoms with Gasteiger partial charge in [0.15, 0.2) is 0 Å². The van der Waals surface area contributed by atoms with Crippen molar-refractivity contribution in [3.63, 3.8) is 0 Å². The first-order chi connectivity index (χ1) is 14.7. The molecule has 0 unspecified atom stereocenters. The number of benzene rings is 2. The minimum Gasteiger partial charge on any atom is -0.493 e. The van der Waals surface area contributed by atoms with Crippen LogP contribution in [0, 0.1) is 0 Å². The maximum absolute atomic E-state index is 10.1. The van der Waals surface area contributed by atoms with Gasteiger partial charge < -0.3 is 9.84 Å². The number of fused-ring (bicyclic) bond motifs is 1. The average molecular weight is 395 g/mol. The number of ether oxygens (including phenoxy) is 1. The van der Waals surface area contributed by atoms with Crippen LogP contribution in [0.2, 0.25) is 0 Å². The number of rotatable bonds is 5. The third-order valence-electron chi connectivity index (χ3n) is 4.68. The maximum Gasteiger partial charge on any atom is 0.325 e. The van der Waals surface area contributed by atoms with E-state index >= 15 is 0 Å². The van der Waals surface area contributed by atoms with Gasteiger partial charge in [0.1, 0.15) is 5.75 Å². The summed E-state index contributed by atoms with van der Waals surface area (Å²) >= 11 is 0.